The summed E-state index contributed by atoms with van der Waals surface area (Å²) >= 11 is 0. The first-order valence-corrected chi connectivity index (χ1v) is 5.74. The van der Waals surface area contributed by atoms with Crippen LogP contribution in [0.15, 0.2) is 46.1 Å². The van der Waals surface area contributed by atoms with Crippen LogP contribution in [0.25, 0.3) is 0 Å². The minimum absolute atomic E-state index is 0.401. The van der Waals surface area contributed by atoms with E-state index in [-0.39, 0.29) is 0 Å². The Labute approximate surface area is 97.2 Å². The number of rotatable bonds is 1. The number of fused-ring (bicyclic) bond motifs is 1. The van der Waals surface area contributed by atoms with Gasteiger partial charge in [-0.15, -0.1) is 0 Å². The molecule has 16 heavy (non-hydrogen) atoms. The van der Waals surface area contributed by atoms with Gasteiger partial charge in [-0.2, -0.15) is 0 Å². The number of hydrogen-bond donors (Lipinski definition) is 0. The van der Waals surface area contributed by atoms with Gasteiger partial charge in [0.15, 0.2) is 0 Å². The number of allylic oxidation sites excluding steroid dienone is 8. The molecule has 0 aromatic heterocycles. The third-order valence-corrected chi connectivity index (χ3v) is 4.26. The maximum Gasteiger partial charge on any atom is 0.134 e. The Hall–Kier alpha value is -1.37. The number of hydrogen-bond acceptors (Lipinski definition) is 1. The molecule has 0 saturated heterocycles. The summed E-state index contributed by atoms with van der Waals surface area (Å²) < 4.78 is 0. The second kappa shape index (κ2) is 3.58. The van der Waals surface area contributed by atoms with Gasteiger partial charge < -0.3 is 4.79 Å². The minimum atomic E-state index is -0.401. The van der Waals surface area contributed by atoms with Gasteiger partial charge in [0.05, 0.1) is 5.41 Å². The second-order valence-electron chi connectivity index (χ2n) is 4.89. The van der Waals surface area contributed by atoms with Crippen molar-refractivity contribution in [1.82, 2.24) is 0 Å². The molecule has 0 heterocycles. The van der Waals surface area contributed by atoms with Crippen LogP contribution >= 0.6 is 0 Å². The van der Waals surface area contributed by atoms with Gasteiger partial charge in [0.2, 0.25) is 0 Å². The molecule has 0 aromatic rings. The van der Waals surface area contributed by atoms with Crippen molar-refractivity contribution >= 4 is 6.29 Å². The molecular weight excluding hydrogens is 196 g/mol. The van der Waals surface area contributed by atoms with Crippen LogP contribution in [-0.4, -0.2) is 6.29 Å². The van der Waals surface area contributed by atoms with Crippen molar-refractivity contribution < 1.29 is 4.79 Å². The van der Waals surface area contributed by atoms with Crippen LogP contribution in [0.2, 0.25) is 0 Å². The topological polar surface area (TPSA) is 17.1 Å². The maximum atomic E-state index is 11.4. The molecule has 1 unspecified atom stereocenters. The molecule has 0 amide bonds. The lowest BCUT2D eigenvalue weighted by molar-refractivity contribution is -0.112. The van der Waals surface area contributed by atoms with Gasteiger partial charge in [-0.25, -0.2) is 0 Å². The van der Waals surface area contributed by atoms with Crippen molar-refractivity contribution in [3.05, 3.63) is 46.1 Å². The molecule has 0 aliphatic heterocycles. The first-order valence-electron chi connectivity index (χ1n) is 5.74. The Balaban J connectivity index is 2.71. The van der Waals surface area contributed by atoms with Crippen molar-refractivity contribution in [2.24, 2.45) is 5.41 Å². The molecule has 0 N–H and O–H groups in total. The summed E-state index contributed by atoms with van der Waals surface area (Å²) in [5, 5.41) is 0. The molecule has 0 aromatic carbocycles. The quantitative estimate of drug-likeness (QED) is 0.608. The first-order chi connectivity index (χ1) is 7.52. The lowest BCUT2D eigenvalue weighted by atomic mass is 9.66. The summed E-state index contributed by atoms with van der Waals surface area (Å²) in [6.45, 7) is 8.31. The molecule has 84 valence electrons. The molecule has 0 radical (unpaired) electrons. The van der Waals surface area contributed by atoms with E-state index in [1.165, 1.54) is 27.9 Å². The maximum absolute atomic E-state index is 11.4. The molecule has 0 saturated carbocycles. The fourth-order valence-electron chi connectivity index (χ4n) is 2.63. The van der Waals surface area contributed by atoms with Crippen LogP contribution in [-0.2, 0) is 4.79 Å². The molecule has 2 aliphatic rings. The second-order valence-corrected chi connectivity index (χ2v) is 4.89. The lowest BCUT2D eigenvalue weighted by Gasteiger charge is -2.36. The van der Waals surface area contributed by atoms with E-state index in [2.05, 4.69) is 39.0 Å². The summed E-state index contributed by atoms with van der Waals surface area (Å²) in [6.07, 6.45) is 8.45. The van der Waals surface area contributed by atoms with E-state index in [1.807, 2.05) is 6.92 Å². The van der Waals surface area contributed by atoms with Crippen LogP contribution < -0.4 is 0 Å². The van der Waals surface area contributed by atoms with E-state index < -0.39 is 5.41 Å². The normalized spacial score (nSPS) is 29.1. The Morgan fingerprint density at radius 3 is 2.56 bits per heavy atom. The van der Waals surface area contributed by atoms with E-state index >= 15 is 0 Å². The molecule has 0 fully saturated rings. The Kier molecular flexibility index (Phi) is 2.49. The summed E-state index contributed by atoms with van der Waals surface area (Å²) in [6, 6.07) is 0. The van der Waals surface area contributed by atoms with Gasteiger partial charge in [-0.1, -0.05) is 29.4 Å². The zero-order valence-corrected chi connectivity index (χ0v) is 10.4. The van der Waals surface area contributed by atoms with Crippen LogP contribution in [0.5, 0.6) is 0 Å². The third kappa shape index (κ3) is 1.27. The van der Waals surface area contributed by atoms with Crippen molar-refractivity contribution in [3.63, 3.8) is 0 Å². The van der Waals surface area contributed by atoms with Crippen molar-refractivity contribution in [2.45, 2.75) is 34.1 Å². The summed E-state index contributed by atoms with van der Waals surface area (Å²) in [5.41, 5.74) is 5.91. The molecule has 1 heteroatoms. The van der Waals surface area contributed by atoms with E-state index in [0.29, 0.717) is 0 Å². The van der Waals surface area contributed by atoms with Crippen molar-refractivity contribution in [1.29, 1.82) is 0 Å². The Morgan fingerprint density at radius 2 is 1.94 bits per heavy atom. The zero-order chi connectivity index (χ0) is 11.9. The van der Waals surface area contributed by atoms with Gasteiger partial charge >= 0.3 is 0 Å². The molecule has 0 spiro atoms. The van der Waals surface area contributed by atoms with Gasteiger partial charge in [0.25, 0.3) is 0 Å². The van der Waals surface area contributed by atoms with E-state index in [9.17, 15) is 4.79 Å². The summed E-state index contributed by atoms with van der Waals surface area (Å²) in [5.74, 6) is 0. The Bertz CT molecular complexity index is 472. The smallest absolute Gasteiger partial charge is 0.134 e. The largest absolute Gasteiger partial charge is 0.302 e. The Morgan fingerprint density at radius 1 is 1.25 bits per heavy atom. The third-order valence-electron chi connectivity index (χ3n) is 4.26. The molecule has 0 bridgehead atoms. The molecule has 2 aliphatic carbocycles. The van der Waals surface area contributed by atoms with Crippen molar-refractivity contribution in [2.75, 3.05) is 0 Å². The SMILES string of the molecule is CC1=C(C)C(C)(C=O)C(C)=C2CC=CC=C12. The van der Waals surface area contributed by atoms with Gasteiger partial charge in [-0.05, 0) is 50.8 Å². The van der Waals surface area contributed by atoms with Gasteiger partial charge in [0.1, 0.15) is 6.29 Å². The van der Waals surface area contributed by atoms with Crippen molar-refractivity contribution in [3.8, 4) is 0 Å². The monoisotopic (exact) mass is 214 g/mol. The van der Waals surface area contributed by atoms with E-state index in [0.717, 1.165) is 12.7 Å². The molecule has 2 rings (SSSR count). The predicted molar refractivity (Wildman–Crippen MR) is 67.1 cm³/mol. The summed E-state index contributed by atoms with van der Waals surface area (Å²) in [7, 11) is 0. The van der Waals surface area contributed by atoms with E-state index in [4.69, 9.17) is 0 Å². The molecule has 1 atom stereocenters. The summed E-state index contributed by atoms with van der Waals surface area (Å²) in [4.78, 5) is 11.4. The van der Waals surface area contributed by atoms with Crippen LogP contribution in [0.4, 0.5) is 0 Å². The highest BCUT2D eigenvalue weighted by Crippen LogP contribution is 2.46. The van der Waals surface area contributed by atoms with Gasteiger partial charge in [0, 0.05) is 0 Å². The number of carbonyl (C=O) groups is 1. The minimum Gasteiger partial charge on any atom is -0.302 e. The standard InChI is InChI=1S/C15H18O/c1-10-11(2)15(4,9-16)12(3)14-8-6-5-7-13(10)14/h5-7,9H,8H2,1-4H3. The zero-order valence-electron chi connectivity index (χ0n) is 10.4. The predicted octanol–water partition coefficient (Wildman–Crippen LogP) is 3.74. The average molecular weight is 214 g/mol. The fourth-order valence-corrected chi connectivity index (χ4v) is 2.63. The highest BCUT2D eigenvalue weighted by Gasteiger charge is 2.36. The number of carbonyl (C=O) groups excluding carboxylic acids is 1. The number of aldehydes is 1. The molecule has 1 nitrogen and oxygen atoms in total. The molecular formula is C15H18O. The highest BCUT2D eigenvalue weighted by molar-refractivity contribution is 5.76. The average Bonchev–Trinajstić information content (AvgIpc) is 2.33. The van der Waals surface area contributed by atoms with Crippen LogP contribution in [0.1, 0.15) is 34.1 Å². The van der Waals surface area contributed by atoms with Crippen LogP contribution in [0.3, 0.4) is 0 Å². The van der Waals surface area contributed by atoms with Gasteiger partial charge in [-0.3, -0.25) is 0 Å². The van der Waals surface area contributed by atoms with E-state index in [1.54, 1.807) is 0 Å². The fraction of sp³-hybridized carbons (Fsp3) is 0.400. The van der Waals surface area contributed by atoms with Crippen LogP contribution in [0, 0.1) is 5.41 Å². The highest BCUT2D eigenvalue weighted by atomic mass is 16.1. The lowest BCUT2D eigenvalue weighted by Crippen LogP contribution is -2.28. The first kappa shape index (κ1) is 11.1.